The van der Waals surface area contributed by atoms with Crippen molar-refractivity contribution in [3.05, 3.63) is 0 Å². The Labute approximate surface area is 52.6 Å². The van der Waals surface area contributed by atoms with Crippen LogP contribution in [0.3, 0.4) is 0 Å². The van der Waals surface area contributed by atoms with Gasteiger partial charge in [-0.2, -0.15) is 8.78 Å². The summed E-state index contributed by atoms with van der Waals surface area (Å²) in [6.07, 6.45) is -1.41. The van der Waals surface area contributed by atoms with E-state index in [1.807, 2.05) is 0 Å². The summed E-state index contributed by atoms with van der Waals surface area (Å²) < 4.78 is 70.2. The highest BCUT2D eigenvalue weighted by atomic mass is 32.5. The van der Waals surface area contributed by atoms with Gasteiger partial charge in [-0.3, -0.25) is 0 Å². The zero-order chi connectivity index (χ0) is 8.32. The molecule has 1 rings (SSSR count). The highest BCUT2D eigenvalue weighted by Gasteiger charge is 2.87. The molecule has 0 unspecified atom stereocenters. The second-order valence-corrected chi connectivity index (χ2v) is 5.81. The minimum Gasteiger partial charge on any atom is -0.187 e. The first-order valence-electron chi connectivity index (χ1n) is 2.34. The molecule has 10 heavy (non-hydrogen) atoms. The molecule has 1 aliphatic rings. The molecule has 0 aromatic heterocycles. The van der Waals surface area contributed by atoms with Gasteiger partial charge in [0.2, 0.25) is 9.84 Å². The summed E-state index contributed by atoms with van der Waals surface area (Å²) in [5, 5.41) is -5.06. The Balaban J connectivity index is 3.15. The van der Waals surface area contributed by atoms with Gasteiger partial charge in [0.15, 0.2) is 0 Å². The third-order valence-electron chi connectivity index (χ3n) is 1.47. The fraction of sp³-hybridized carbons (Fsp3) is 1.00. The van der Waals surface area contributed by atoms with E-state index in [9.17, 15) is 24.3 Å². The van der Waals surface area contributed by atoms with Gasteiger partial charge in [0.25, 0.3) is 0 Å². The van der Waals surface area contributed by atoms with Crippen LogP contribution in [0.5, 0.6) is 0 Å². The molecule has 1 fully saturated rings. The first-order valence-corrected chi connectivity index (χ1v) is 4.56. The molecule has 0 radical (unpaired) electrons. The third kappa shape index (κ3) is 0.665. The van der Waals surface area contributed by atoms with E-state index in [0.29, 0.717) is 0 Å². The zero-order valence-electron chi connectivity index (χ0n) is 4.59. The van der Waals surface area contributed by atoms with E-state index in [4.69, 9.17) is 0 Å². The molecule has 0 atom stereocenters. The van der Waals surface area contributed by atoms with Crippen LogP contribution in [0.15, 0.2) is 0 Å². The van der Waals surface area contributed by atoms with Crippen LogP contribution < -0.4 is 0 Å². The molecule has 0 aliphatic carbocycles. The standard InChI is InChI=1S/C3H4F6S/c4-3(5)1-2-10(3,6,7,8)9/h1-2H2. The normalized spacial score (nSPS) is 45.0. The van der Waals surface area contributed by atoms with Crippen LogP contribution in [-0.4, -0.2) is 11.0 Å². The molecular formula is C3H4F6S. The summed E-state index contributed by atoms with van der Waals surface area (Å²) in [6, 6.07) is 0. The van der Waals surface area contributed by atoms with Crippen LogP contribution in [0.2, 0.25) is 0 Å². The molecule has 0 N–H and O–H groups in total. The smallest absolute Gasteiger partial charge is 0.187 e. The van der Waals surface area contributed by atoms with Crippen molar-refractivity contribution in [1.29, 1.82) is 0 Å². The van der Waals surface area contributed by atoms with E-state index >= 15 is 0 Å². The summed E-state index contributed by atoms with van der Waals surface area (Å²) >= 11 is 0. The number of rotatable bonds is 0. The molecule has 7 heteroatoms. The van der Waals surface area contributed by atoms with Crippen LogP contribution in [0.4, 0.5) is 24.3 Å². The van der Waals surface area contributed by atoms with E-state index in [1.54, 1.807) is 0 Å². The van der Waals surface area contributed by atoms with Crippen LogP contribution in [0, 0.1) is 0 Å². The third-order valence-corrected chi connectivity index (χ3v) is 4.02. The van der Waals surface area contributed by atoms with Crippen molar-refractivity contribution in [3.63, 3.8) is 0 Å². The Bertz CT molecular complexity index is 186. The molecule has 0 aromatic carbocycles. The molecule has 0 bridgehead atoms. The molecule has 0 aromatic rings. The van der Waals surface area contributed by atoms with Gasteiger partial charge in [0.05, 0.1) is 5.75 Å². The maximum absolute atomic E-state index is 11.7. The summed E-state index contributed by atoms with van der Waals surface area (Å²) in [4.78, 5) is 0. The molecule has 0 nitrogen and oxygen atoms in total. The highest BCUT2D eigenvalue weighted by Crippen LogP contribution is 3.08. The van der Waals surface area contributed by atoms with Crippen LogP contribution >= 0.6 is 9.84 Å². The van der Waals surface area contributed by atoms with E-state index < -0.39 is 27.3 Å². The second kappa shape index (κ2) is 1.07. The largest absolute Gasteiger partial charge is 0.354 e. The predicted octanol–water partition coefficient (Wildman–Crippen LogP) is 3.40. The van der Waals surface area contributed by atoms with Gasteiger partial charge < -0.3 is 0 Å². The molecule has 1 heterocycles. The number of hydrogen-bond acceptors (Lipinski definition) is 0. The molecule has 64 valence electrons. The van der Waals surface area contributed by atoms with E-state index in [2.05, 4.69) is 0 Å². The predicted molar refractivity (Wildman–Crippen MR) is 26.5 cm³/mol. The Morgan fingerprint density at radius 2 is 1.30 bits per heavy atom. The van der Waals surface area contributed by atoms with Gasteiger partial charge in [-0.25, -0.2) is 0 Å². The van der Waals surface area contributed by atoms with Crippen LogP contribution in [0.1, 0.15) is 6.42 Å². The Kier molecular flexibility index (Phi) is 0.858. The van der Waals surface area contributed by atoms with E-state index in [0.717, 1.165) is 0 Å². The summed E-state index contributed by atoms with van der Waals surface area (Å²) in [6.45, 7) is 0. The molecule has 0 saturated carbocycles. The maximum Gasteiger partial charge on any atom is 0.354 e. The first kappa shape index (κ1) is 8.03. The number of halogens is 6. The maximum atomic E-state index is 11.7. The van der Waals surface area contributed by atoms with Gasteiger partial charge in [0, 0.05) is 6.42 Å². The molecule has 1 aliphatic heterocycles. The first-order chi connectivity index (χ1) is 3.98. The van der Waals surface area contributed by atoms with Gasteiger partial charge in [-0.05, 0) is 0 Å². The highest BCUT2D eigenvalue weighted by molar-refractivity contribution is 8.51. The number of alkyl halides is 2. The summed E-state index contributed by atoms with van der Waals surface area (Å²) in [5.41, 5.74) is 0. The van der Waals surface area contributed by atoms with Crippen molar-refractivity contribution in [2.45, 2.75) is 11.7 Å². The monoisotopic (exact) mass is 186 g/mol. The van der Waals surface area contributed by atoms with Crippen LogP contribution in [-0.2, 0) is 0 Å². The van der Waals surface area contributed by atoms with Gasteiger partial charge in [-0.15, -0.1) is 15.5 Å². The Hall–Kier alpha value is -0.0700. The van der Waals surface area contributed by atoms with E-state index in [1.165, 1.54) is 0 Å². The minimum atomic E-state index is -8.90. The fourth-order valence-corrected chi connectivity index (χ4v) is 1.69. The van der Waals surface area contributed by atoms with Crippen molar-refractivity contribution in [3.8, 4) is 0 Å². The topological polar surface area (TPSA) is 0 Å². The lowest BCUT2D eigenvalue weighted by Crippen LogP contribution is -2.49. The minimum absolute atomic E-state index is 1.41. The van der Waals surface area contributed by atoms with Crippen molar-refractivity contribution in [2.24, 2.45) is 0 Å². The lowest BCUT2D eigenvalue weighted by Gasteiger charge is -2.61. The Morgan fingerprint density at radius 3 is 1.30 bits per heavy atom. The fourth-order valence-electron chi connectivity index (χ4n) is 0.565. The SMILES string of the molecule is FC1(F)CCS1(F)(F)(F)F. The van der Waals surface area contributed by atoms with Gasteiger partial charge in [0.1, 0.15) is 0 Å². The summed E-state index contributed by atoms with van der Waals surface area (Å²) in [7, 11) is -8.90. The van der Waals surface area contributed by atoms with Crippen molar-refractivity contribution in [1.82, 2.24) is 0 Å². The van der Waals surface area contributed by atoms with Crippen molar-refractivity contribution < 1.29 is 24.3 Å². The molecule has 1 saturated heterocycles. The number of hydrogen-bond donors (Lipinski definition) is 0. The van der Waals surface area contributed by atoms with Crippen molar-refractivity contribution >= 4 is 9.84 Å². The average Bonchev–Trinajstić information content (AvgIpc) is 1.60. The second-order valence-electron chi connectivity index (χ2n) is 2.33. The van der Waals surface area contributed by atoms with Crippen LogP contribution in [0.25, 0.3) is 0 Å². The molecular weight excluding hydrogens is 182 g/mol. The zero-order valence-corrected chi connectivity index (χ0v) is 5.41. The van der Waals surface area contributed by atoms with Crippen molar-refractivity contribution in [2.75, 3.05) is 5.75 Å². The lowest BCUT2D eigenvalue weighted by atomic mass is 10.5. The average molecular weight is 186 g/mol. The Morgan fingerprint density at radius 1 is 1.00 bits per heavy atom. The quantitative estimate of drug-likeness (QED) is 0.508. The van der Waals surface area contributed by atoms with Gasteiger partial charge in [-0.1, -0.05) is 0 Å². The molecule has 0 amide bonds. The van der Waals surface area contributed by atoms with E-state index in [-0.39, 0.29) is 0 Å². The summed E-state index contributed by atoms with van der Waals surface area (Å²) in [5.74, 6) is -1.95. The van der Waals surface area contributed by atoms with Gasteiger partial charge >= 0.3 is 5.25 Å². The lowest BCUT2D eigenvalue weighted by molar-refractivity contribution is 0.0219. The molecule has 0 spiro atoms.